The third-order valence-corrected chi connectivity index (χ3v) is 6.10. The number of hydrogen-bond acceptors (Lipinski definition) is 5. The average Bonchev–Trinajstić information content (AvgIpc) is 3.22. The Balaban J connectivity index is 1.66. The van der Waals surface area contributed by atoms with Gasteiger partial charge in [0, 0.05) is 5.56 Å². The molecule has 1 aromatic heterocycles. The van der Waals surface area contributed by atoms with Crippen LogP contribution in [0, 0.1) is 6.92 Å². The molecular weight excluding hydrogens is 398 g/mol. The van der Waals surface area contributed by atoms with Crippen molar-refractivity contribution in [2.24, 2.45) is 0 Å². The van der Waals surface area contributed by atoms with Gasteiger partial charge in [0.1, 0.15) is 0 Å². The van der Waals surface area contributed by atoms with Crippen molar-refractivity contribution in [3.05, 3.63) is 82.0 Å². The minimum atomic E-state index is -3.78. The quantitative estimate of drug-likeness (QED) is 0.557. The maximum atomic E-state index is 12.5. The molecule has 0 aliphatic heterocycles. The van der Waals surface area contributed by atoms with E-state index in [0.29, 0.717) is 10.6 Å². The van der Waals surface area contributed by atoms with Crippen molar-refractivity contribution in [2.75, 3.05) is 4.72 Å². The fourth-order valence-electron chi connectivity index (χ4n) is 2.33. The molecule has 0 aliphatic rings. The lowest BCUT2D eigenvalue weighted by molar-refractivity contribution is 0.0849. The van der Waals surface area contributed by atoms with Crippen LogP contribution in [-0.4, -0.2) is 20.2 Å². The Hall–Kier alpha value is -3.17. The SMILES string of the molecule is Cc1ccccc1NS(=O)(=O)c1ccc(C(=O)NNC(=O)c2cccs2)cc1. The number of benzene rings is 2. The van der Waals surface area contributed by atoms with Gasteiger partial charge in [0.25, 0.3) is 21.8 Å². The summed E-state index contributed by atoms with van der Waals surface area (Å²) < 4.78 is 27.6. The lowest BCUT2D eigenvalue weighted by atomic mass is 10.2. The first-order valence-electron chi connectivity index (χ1n) is 8.19. The van der Waals surface area contributed by atoms with Crippen LogP contribution in [0.4, 0.5) is 5.69 Å². The summed E-state index contributed by atoms with van der Waals surface area (Å²) in [7, 11) is -3.78. The van der Waals surface area contributed by atoms with Crippen LogP contribution in [0.5, 0.6) is 0 Å². The number of aryl methyl sites for hydroxylation is 1. The average molecular weight is 415 g/mol. The van der Waals surface area contributed by atoms with Crippen LogP contribution in [0.25, 0.3) is 0 Å². The molecule has 0 bridgehead atoms. The van der Waals surface area contributed by atoms with Gasteiger partial charge in [0.05, 0.1) is 15.5 Å². The molecule has 144 valence electrons. The van der Waals surface area contributed by atoms with Crippen LogP contribution >= 0.6 is 11.3 Å². The predicted molar refractivity (Wildman–Crippen MR) is 108 cm³/mol. The van der Waals surface area contributed by atoms with Crippen molar-refractivity contribution in [3.8, 4) is 0 Å². The number of thiophene rings is 1. The zero-order valence-corrected chi connectivity index (χ0v) is 16.4. The van der Waals surface area contributed by atoms with Crippen LogP contribution in [0.2, 0.25) is 0 Å². The number of carbonyl (C=O) groups excluding carboxylic acids is 2. The van der Waals surface area contributed by atoms with Gasteiger partial charge >= 0.3 is 0 Å². The lowest BCUT2D eigenvalue weighted by Gasteiger charge is -2.11. The summed E-state index contributed by atoms with van der Waals surface area (Å²) in [5.74, 6) is -0.981. The number of amides is 2. The lowest BCUT2D eigenvalue weighted by Crippen LogP contribution is -2.41. The summed E-state index contributed by atoms with van der Waals surface area (Å²) in [6, 6.07) is 15.8. The zero-order chi connectivity index (χ0) is 20.1. The molecule has 0 saturated heterocycles. The molecule has 0 unspecified atom stereocenters. The molecule has 2 amide bonds. The number of hydrogen-bond donors (Lipinski definition) is 3. The number of hydrazine groups is 1. The van der Waals surface area contributed by atoms with Crippen LogP contribution in [-0.2, 0) is 10.0 Å². The van der Waals surface area contributed by atoms with E-state index in [2.05, 4.69) is 15.6 Å². The molecule has 7 nitrogen and oxygen atoms in total. The number of nitrogens with one attached hydrogen (secondary N) is 3. The Morgan fingerprint density at radius 2 is 1.54 bits per heavy atom. The highest BCUT2D eigenvalue weighted by molar-refractivity contribution is 7.92. The van der Waals surface area contributed by atoms with E-state index < -0.39 is 21.8 Å². The Kier molecular flexibility index (Phi) is 5.76. The van der Waals surface area contributed by atoms with Gasteiger partial charge in [-0.2, -0.15) is 0 Å². The first kappa shape index (κ1) is 19.6. The number of sulfonamides is 1. The molecule has 0 aliphatic carbocycles. The van der Waals surface area contributed by atoms with E-state index in [4.69, 9.17) is 0 Å². The van der Waals surface area contributed by atoms with Crippen molar-refractivity contribution in [1.29, 1.82) is 0 Å². The minimum absolute atomic E-state index is 0.0231. The fourth-order valence-corrected chi connectivity index (χ4v) is 4.08. The Labute approximate surface area is 166 Å². The van der Waals surface area contributed by atoms with Gasteiger partial charge in [-0.1, -0.05) is 24.3 Å². The summed E-state index contributed by atoms with van der Waals surface area (Å²) >= 11 is 1.25. The molecule has 0 saturated carbocycles. The smallest absolute Gasteiger partial charge is 0.279 e. The van der Waals surface area contributed by atoms with Crippen LogP contribution < -0.4 is 15.6 Å². The molecule has 0 atom stereocenters. The normalized spacial score (nSPS) is 10.9. The summed E-state index contributed by atoms with van der Waals surface area (Å²) in [5, 5.41) is 1.75. The molecule has 0 radical (unpaired) electrons. The van der Waals surface area contributed by atoms with Crippen molar-refractivity contribution >= 4 is 38.9 Å². The highest BCUT2D eigenvalue weighted by Gasteiger charge is 2.16. The minimum Gasteiger partial charge on any atom is -0.279 e. The molecule has 3 rings (SSSR count). The molecule has 28 heavy (non-hydrogen) atoms. The number of rotatable bonds is 5. The molecule has 2 aromatic carbocycles. The van der Waals surface area contributed by atoms with E-state index in [1.807, 2.05) is 6.07 Å². The summed E-state index contributed by atoms with van der Waals surface area (Å²) in [6.07, 6.45) is 0. The maximum absolute atomic E-state index is 12.5. The van der Waals surface area contributed by atoms with Gasteiger partial charge in [-0.25, -0.2) is 8.42 Å². The monoisotopic (exact) mass is 415 g/mol. The Bertz CT molecular complexity index is 1090. The summed E-state index contributed by atoms with van der Waals surface area (Å²) in [4.78, 5) is 24.4. The van der Waals surface area contributed by atoms with Gasteiger partial charge in [0.2, 0.25) is 0 Å². The third kappa shape index (κ3) is 4.56. The van der Waals surface area contributed by atoms with Gasteiger partial charge in [-0.05, 0) is 54.3 Å². The fraction of sp³-hybridized carbons (Fsp3) is 0.0526. The second-order valence-corrected chi connectivity index (χ2v) is 8.46. The van der Waals surface area contributed by atoms with E-state index in [1.54, 1.807) is 42.6 Å². The molecule has 1 heterocycles. The highest BCUT2D eigenvalue weighted by Crippen LogP contribution is 2.19. The van der Waals surface area contributed by atoms with Crippen molar-refractivity contribution in [2.45, 2.75) is 11.8 Å². The summed E-state index contributed by atoms with van der Waals surface area (Å²) in [6.45, 7) is 1.80. The second kappa shape index (κ2) is 8.24. The van der Waals surface area contributed by atoms with E-state index >= 15 is 0 Å². The predicted octanol–water partition coefficient (Wildman–Crippen LogP) is 2.93. The molecule has 0 spiro atoms. The van der Waals surface area contributed by atoms with Crippen LogP contribution in [0.15, 0.2) is 70.9 Å². The maximum Gasteiger partial charge on any atom is 0.279 e. The van der Waals surface area contributed by atoms with E-state index in [1.165, 1.54) is 35.6 Å². The van der Waals surface area contributed by atoms with Crippen molar-refractivity contribution in [1.82, 2.24) is 10.9 Å². The highest BCUT2D eigenvalue weighted by atomic mass is 32.2. The van der Waals surface area contributed by atoms with Crippen molar-refractivity contribution < 1.29 is 18.0 Å². The van der Waals surface area contributed by atoms with Crippen LogP contribution in [0.3, 0.4) is 0 Å². The number of anilines is 1. The molecule has 0 fully saturated rings. The Morgan fingerprint density at radius 3 is 2.18 bits per heavy atom. The van der Waals surface area contributed by atoms with E-state index in [-0.39, 0.29) is 10.5 Å². The third-order valence-electron chi connectivity index (χ3n) is 3.85. The van der Waals surface area contributed by atoms with Crippen molar-refractivity contribution in [3.63, 3.8) is 0 Å². The van der Waals surface area contributed by atoms with Gasteiger partial charge in [-0.3, -0.25) is 25.2 Å². The Morgan fingerprint density at radius 1 is 0.857 bits per heavy atom. The first-order valence-corrected chi connectivity index (χ1v) is 10.6. The van der Waals surface area contributed by atoms with E-state index in [0.717, 1.165) is 5.56 Å². The topological polar surface area (TPSA) is 104 Å². The number of para-hydroxylation sites is 1. The molecule has 3 aromatic rings. The largest absolute Gasteiger partial charge is 0.279 e. The van der Waals surface area contributed by atoms with E-state index in [9.17, 15) is 18.0 Å². The molecular formula is C19H17N3O4S2. The van der Waals surface area contributed by atoms with Gasteiger partial charge < -0.3 is 0 Å². The zero-order valence-electron chi connectivity index (χ0n) is 14.8. The molecule has 3 N–H and O–H groups in total. The van der Waals surface area contributed by atoms with Crippen LogP contribution in [0.1, 0.15) is 25.6 Å². The number of carbonyl (C=O) groups is 2. The summed E-state index contributed by atoms with van der Waals surface area (Å²) in [5.41, 5.74) is 6.10. The standard InChI is InChI=1S/C19H17N3O4S2/c1-13-5-2-3-6-16(13)22-28(25,26)15-10-8-14(9-11-15)18(23)20-21-19(24)17-7-4-12-27-17/h2-12,22H,1H3,(H,20,23)(H,21,24). The van der Waals surface area contributed by atoms with Gasteiger partial charge in [0.15, 0.2) is 0 Å². The van der Waals surface area contributed by atoms with Gasteiger partial charge in [-0.15, -0.1) is 11.3 Å². The first-order chi connectivity index (χ1) is 13.4. The second-order valence-electron chi connectivity index (χ2n) is 5.83. The molecule has 9 heteroatoms.